The Morgan fingerprint density at radius 1 is 1.21 bits per heavy atom. The zero-order valence-corrected chi connectivity index (χ0v) is 15.2. The van der Waals surface area contributed by atoms with Crippen molar-refractivity contribution in [1.82, 2.24) is 15.5 Å². The first-order chi connectivity index (χ1) is 11.5. The lowest BCUT2D eigenvalue weighted by Crippen LogP contribution is -2.57. The van der Waals surface area contributed by atoms with Crippen molar-refractivity contribution in [3.63, 3.8) is 0 Å². The summed E-state index contributed by atoms with van der Waals surface area (Å²) in [6.07, 6.45) is 0. The number of nitrogens with one attached hydrogen (secondary N) is 2. The SMILES string of the molecule is CC1CN(Cc2ccccc2)CC(C)C1NC(=O)C(C)C1CNC1. The third-order valence-electron chi connectivity index (χ3n) is 5.81. The molecule has 2 aliphatic rings. The molecule has 2 aliphatic heterocycles. The summed E-state index contributed by atoms with van der Waals surface area (Å²) < 4.78 is 0. The van der Waals surface area contributed by atoms with E-state index in [1.807, 2.05) is 0 Å². The second kappa shape index (κ2) is 7.66. The maximum Gasteiger partial charge on any atom is 0.223 e. The molecule has 3 atom stereocenters. The highest BCUT2D eigenvalue weighted by atomic mass is 16.2. The molecule has 0 aromatic heterocycles. The summed E-state index contributed by atoms with van der Waals surface area (Å²) in [4.78, 5) is 15.1. The monoisotopic (exact) mass is 329 g/mol. The molecule has 4 nitrogen and oxygen atoms in total. The molecule has 2 N–H and O–H groups in total. The molecule has 3 rings (SSSR count). The summed E-state index contributed by atoms with van der Waals surface area (Å²) in [6.45, 7) is 11.7. The minimum Gasteiger partial charge on any atom is -0.352 e. The lowest BCUT2D eigenvalue weighted by molar-refractivity contribution is -0.128. The number of hydrogen-bond acceptors (Lipinski definition) is 3. The number of hydrogen-bond donors (Lipinski definition) is 2. The highest BCUT2D eigenvalue weighted by Crippen LogP contribution is 2.25. The van der Waals surface area contributed by atoms with E-state index in [0.717, 1.165) is 32.7 Å². The van der Waals surface area contributed by atoms with Gasteiger partial charge >= 0.3 is 0 Å². The number of nitrogens with zero attached hydrogens (tertiary/aromatic N) is 1. The van der Waals surface area contributed by atoms with Gasteiger partial charge in [0, 0.05) is 31.6 Å². The molecule has 0 radical (unpaired) electrons. The Labute approximate surface area is 146 Å². The van der Waals surface area contributed by atoms with Gasteiger partial charge in [0.2, 0.25) is 5.91 Å². The first-order valence-electron chi connectivity index (χ1n) is 9.32. The third kappa shape index (κ3) is 3.98. The first kappa shape index (κ1) is 17.4. The fourth-order valence-corrected chi connectivity index (χ4v) is 4.11. The van der Waals surface area contributed by atoms with Gasteiger partial charge in [-0.1, -0.05) is 51.1 Å². The standard InChI is InChI=1S/C20H31N3O/c1-14-11-23(13-17-7-5-4-6-8-17)12-15(2)19(14)22-20(24)16(3)18-9-21-10-18/h4-8,14-16,18-19,21H,9-13H2,1-3H3,(H,22,24). The molecule has 2 heterocycles. The van der Waals surface area contributed by atoms with E-state index in [-0.39, 0.29) is 11.8 Å². The van der Waals surface area contributed by atoms with Crippen molar-refractivity contribution in [3.05, 3.63) is 35.9 Å². The van der Waals surface area contributed by atoms with E-state index < -0.39 is 0 Å². The van der Waals surface area contributed by atoms with Gasteiger partial charge in [-0.15, -0.1) is 0 Å². The number of benzene rings is 1. The van der Waals surface area contributed by atoms with E-state index >= 15 is 0 Å². The molecule has 1 aromatic rings. The molecule has 2 fully saturated rings. The van der Waals surface area contributed by atoms with Gasteiger partial charge in [-0.05, 0) is 36.4 Å². The van der Waals surface area contributed by atoms with Crippen LogP contribution in [-0.4, -0.2) is 43.0 Å². The van der Waals surface area contributed by atoms with Gasteiger partial charge < -0.3 is 10.6 Å². The van der Waals surface area contributed by atoms with E-state index in [0.29, 0.717) is 23.8 Å². The van der Waals surface area contributed by atoms with Crippen LogP contribution in [-0.2, 0) is 11.3 Å². The van der Waals surface area contributed by atoms with Crippen LogP contribution in [0.2, 0.25) is 0 Å². The molecule has 132 valence electrons. The van der Waals surface area contributed by atoms with Crippen LogP contribution >= 0.6 is 0 Å². The summed E-state index contributed by atoms with van der Waals surface area (Å²) in [6, 6.07) is 10.9. The number of likely N-dealkylation sites (tertiary alicyclic amines) is 1. The lowest BCUT2D eigenvalue weighted by atomic mass is 9.83. The summed E-state index contributed by atoms with van der Waals surface area (Å²) in [5.74, 6) is 1.82. The molecule has 2 saturated heterocycles. The van der Waals surface area contributed by atoms with Crippen molar-refractivity contribution in [2.24, 2.45) is 23.7 Å². The Hall–Kier alpha value is -1.39. The average Bonchev–Trinajstić information content (AvgIpc) is 2.50. The van der Waals surface area contributed by atoms with Crippen LogP contribution in [0.1, 0.15) is 26.3 Å². The molecular weight excluding hydrogens is 298 g/mol. The number of rotatable bonds is 5. The quantitative estimate of drug-likeness (QED) is 0.870. The van der Waals surface area contributed by atoms with Crippen LogP contribution in [0.15, 0.2) is 30.3 Å². The predicted octanol–water partition coefficient (Wildman–Crippen LogP) is 2.11. The van der Waals surface area contributed by atoms with Crippen LogP contribution in [0, 0.1) is 23.7 Å². The Morgan fingerprint density at radius 3 is 2.38 bits per heavy atom. The highest BCUT2D eigenvalue weighted by Gasteiger charge is 2.35. The normalized spacial score (nSPS) is 29.7. The molecule has 0 bridgehead atoms. The molecule has 24 heavy (non-hydrogen) atoms. The maximum atomic E-state index is 12.6. The minimum absolute atomic E-state index is 0.119. The van der Waals surface area contributed by atoms with Gasteiger partial charge in [-0.25, -0.2) is 0 Å². The van der Waals surface area contributed by atoms with Gasteiger partial charge in [-0.2, -0.15) is 0 Å². The van der Waals surface area contributed by atoms with Crippen molar-refractivity contribution in [3.8, 4) is 0 Å². The molecule has 0 saturated carbocycles. The second-order valence-corrected chi connectivity index (χ2v) is 7.88. The molecule has 4 heteroatoms. The fraction of sp³-hybridized carbons (Fsp3) is 0.650. The van der Waals surface area contributed by atoms with Crippen LogP contribution in [0.4, 0.5) is 0 Å². The summed E-state index contributed by atoms with van der Waals surface area (Å²) >= 11 is 0. The van der Waals surface area contributed by atoms with Crippen molar-refractivity contribution >= 4 is 5.91 Å². The lowest BCUT2D eigenvalue weighted by Gasteiger charge is -2.42. The summed E-state index contributed by atoms with van der Waals surface area (Å²) in [7, 11) is 0. The van der Waals surface area contributed by atoms with E-state index in [1.165, 1.54) is 5.56 Å². The van der Waals surface area contributed by atoms with Crippen LogP contribution in [0.25, 0.3) is 0 Å². The minimum atomic E-state index is 0.119. The van der Waals surface area contributed by atoms with Gasteiger partial charge in [0.25, 0.3) is 0 Å². The number of carbonyl (C=O) groups excluding carboxylic acids is 1. The predicted molar refractivity (Wildman–Crippen MR) is 97.5 cm³/mol. The van der Waals surface area contributed by atoms with Crippen LogP contribution < -0.4 is 10.6 Å². The summed E-state index contributed by atoms with van der Waals surface area (Å²) in [5, 5.41) is 6.62. The fourth-order valence-electron chi connectivity index (χ4n) is 4.11. The smallest absolute Gasteiger partial charge is 0.223 e. The second-order valence-electron chi connectivity index (χ2n) is 7.88. The van der Waals surface area contributed by atoms with Crippen molar-refractivity contribution in [1.29, 1.82) is 0 Å². The zero-order valence-electron chi connectivity index (χ0n) is 15.2. The molecular formula is C20H31N3O. The molecule has 1 amide bonds. The third-order valence-corrected chi connectivity index (χ3v) is 5.81. The maximum absolute atomic E-state index is 12.6. The first-order valence-corrected chi connectivity index (χ1v) is 9.32. The van der Waals surface area contributed by atoms with Gasteiger partial charge in [-0.3, -0.25) is 9.69 Å². The Bertz CT molecular complexity index is 531. The Balaban J connectivity index is 1.54. The average molecular weight is 329 g/mol. The van der Waals surface area contributed by atoms with E-state index in [4.69, 9.17) is 0 Å². The van der Waals surface area contributed by atoms with E-state index in [2.05, 4.69) is 66.6 Å². The molecule has 3 unspecified atom stereocenters. The highest BCUT2D eigenvalue weighted by molar-refractivity contribution is 5.79. The van der Waals surface area contributed by atoms with Gasteiger partial charge in [0.05, 0.1) is 0 Å². The topological polar surface area (TPSA) is 44.4 Å². The van der Waals surface area contributed by atoms with E-state index in [9.17, 15) is 4.79 Å². The molecule has 1 aromatic carbocycles. The zero-order chi connectivity index (χ0) is 17.1. The Kier molecular flexibility index (Phi) is 5.57. The Morgan fingerprint density at radius 2 is 1.83 bits per heavy atom. The van der Waals surface area contributed by atoms with Crippen molar-refractivity contribution in [2.75, 3.05) is 26.2 Å². The van der Waals surface area contributed by atoms with Gasteiger partial charge in [0.15, 0.2) is 0 Å². The van der Waals surface area contributed by atoms with Crippen molar-refractivity contribution in [2.45, 2.75) is 33.4 Å². The number of amides is 1. The van der Waals surface area contributed by atoms with Crippen LogP contribution in [0.5, 0.6) is 0 Å². The largest absolute Gasteiger partial charge is 0.352 e. The van der Waals surface area contributed by atoms with Crippen LogP contribution in [0.3, 0.4) is 0 Å². The summed E-state index contributed by atoms with van der Waals surface area (Å²) in [5.41, 5.74) is 1.37. The van der Waals surface area contributed by atoms with Gasteiger partial charge in [0.1, 0.15) is 0 Å². The number of piperidine rings is 1. The molecule has 0 aliphatic carbocycles. The van der Waals surface area contributed by atoms with E-state index in [1.54, 1.807) is 0 Å². The molecule has 0 spiro atoms. The number of carbonyl (C=O) groups is 1. The van der Waals surface area contributed by atoms with Crippen molar-refractivity contribution < 1.29 is 4.79 Å².